The fourth-order valence-electron chi connectivity index (χ4n) is 5.35. The number of hydrogen-bond donors (Lipinski definition) is 2. The second-order valence-electron chi connectivity index (χ2n) is 10.1. The predicted octanol–water partition coefficient (Wildman–Crippen LogP) is 3.15. The van der Waals surface area contributed by atoms with Crippen LogP contribution in [0.1, 0.15) is 51.2 Å². The molecule has 8 heteroatoms. The first-order chi connectivity index (χ1) is 16.4. The minimum absolute atomic E-state index is 0.0617. The Morgan fingerprint density at radius 2 is 2.21 bits per heavy atom. The van der Waals surface area contributed by atoms with Gasteiger partial charge >= 0.3 is 0 Å². The lowest BCUT2D eigenvalue weighted by Crippen LogP contribution is -2.54. The van der Waals surface area contributed by atoms with E-state index in [1.807, 2.05) is 25.3 Å². The van der Waals surface area contributed by atoms with Crippen molar-refractivity contribution in [2.24, 2.45) is 15.9 Å². The molecule has 182 valence electrons. The molecule has 3 N–H and O–H groups in total. The van der Waals surface area contributed by atoms with E-state index in [4.69, 9.17) is 25.0 Å². The highest BCUT2D eigenvalue weighted by Crippen LogP contribution is 2.50. The molecule has 3 aliphatic heterocycles. The smallest absolute Gasteiger partial charge is 0.141 e. The first kappa shape index (κ1) is 23.2. The fraction of sp³-hybridized carbons (Fsp3) is 0.577. The molecular formula is C26H35N5O3. The number of aliphatic imine (C=N–C) groups is 1. The van der Waals surface area contributed by atoms with E-state index in [1.54, 1.807) is 6.21 Å². The average molecular weight is 466 g/mol. The van der Waals surface area contributed by atoms with Gasteiger partial charge in [-0.2, -0.15) is 5.10 Å². The van der Waals surface area contributed by atoms with Crippen molar-refractivity contribution in [1.29, 1.82) is 0 Å². The summed E-state index contributed by atoms with van der Waals surface area (Å²) in [7, 11) is 0. The maximum absolute atomic E-state index is 6.23. The zero-order valence-electron chi connectivity index (χ0n) is 20.3. The Morgan fingerprint density at radius 3 is 3.00 bits per heavy atom. The van der Waals surface area contributed by atoms with E-state index in [1.165, 1.54) is 5.56 Å². The van der Waals surface area contributed by atoms with Crippen LogP contribution in [0.5, 0.6) is 5.75 Å². The summed E-state index contributed by atoms with van der Waals surface area (Å²) in [4.78, 5) is 9.47. The standard InChI is InChI=1S/C26H35N5O3/c1-4-17(2)33-16-26-13-25(14-26,15-30-26)29-11-24(31-27)18(3)34-20-5-6-23-22(9-20)21-7-8-32-12-19(21)10-28-23/h5-6,9-11,17-18,30H,4,7-8,12-16,27H2,1-3H3/b29-11?,31-24+. The van der Waals surface area contributed by atoms with E-state index in [0.717, 1.165) is 67.7 Å². The van der Waals surface area contributed by atoms with Crippen LogP contribution in [-0.4, -0.2) is 60.0 Å². The number of hydrogen-bond acceptors (Lipinski definition) is 8. The lowest BCUT2D eigenvalue weighted by atomic mass is 9.68. The Hall–Kier alpha value is -2.55. The van der Waals surface area contributed by atoms with Crippen molar-refractivity contribution in [2.75, 3.05) is 19.8 Å². The van der Waals surface area contributed by atoms with Crippen LogP contribution in [0.2, 0.25) is 0 Å². The molecule has 34 heavy (non-hydrogen) atoms. The summed E-state index contributed by atoms with van der Waals surface area (Å²) in [5.74, 6) is 6.49. The van der Waals surface area contributed by atoms with Crippen LogP contribution in [0.3, 0.4) is 0 Å². The van der Waals surface area contributed by atoms with E-state index < -0.39 is 0 Å². The second kappa shape index (κ2) is 9.24. The van der Waals surface area contributed by atoms with Crippen LogP contribution >= 0.6 is 0 Å². The van der Waals surface area contributed by atoms with E-state index in [2.05, 4.69) is 35.3 Å². The molecule has 3 fully saturated rings. The van der Waals surface area contributed by atoms with Crippen LogP contribution < -0.4 is 15.9 Å². The van der Waals surface area contributed by atoms with Gasteiger partial charge in [0.05, 0.1) is 37.0 Å². The van der Waals surface area contributed by atoms with Crippen molar-refractivity contribution in [3.8, 4) is 5.75 Å². The first-order valence-electron chi connectivity index (χ1n) is 12.3. The van der Waals surface area contributed by atoms with Crippen LogP contribution in [0.25, 0.3) is 10.9 Å². The van der Waals surface area contributed by atoms with Gasteiger partial charge in [-0.25, -0.2) is 0 Å². The Labute approximate surface area is 201 Å². The molecule has 1 aromatic carbocycles. The van der Waals surface area contributed by atoms with Crippen molar-refractivity contribution in [3.05, 3.63) is 35.5 Å². The van der Waals surface area contributed by atoms with E-state index in [-0.39, 0.29) is 23.3 Å². The number of pyridine rings is 1. The summed E-state index contributed by atoms with van der Waals surface area (Å²) < 4.78 is 17.8. The van der Waals surface area contributed by atoms with Crippen molar-refractivity contribution in [3.63, 3.8) is 0 Å². The summed E-state index contributed by atoms with van der Waals surface area (Å²) in [6, 6.07) is 6.00. The zero-order valence-corrected chi connectivity index (χ0v) is 20.3. The van der Waals surface area contributed by atoms with E-state index in [9.17, 15) is 0 Å². The van der Waals surface area contributed by atoms with Crippen LogP contribution in [0, 0.1) is 0 Å². The molecular weight excluding hydrogens is 430 g/mol. The van der Waals surface area contributed by atoms with Crippen LogP contribution in [-0.2, 0) is 22.5 Å². The summed E-state index contributed by atoms with van der Waals surface area (Å²) in [6.45, 7) is 9.16. The molecule has 1 aliphatic carbocycles. The van der Waals surface area contributed by atoms with Gasteiger partial charge in [0.15, 0.2) is 0 Å². The predicted molar refractivity (Wildman–Crippen MR) is 134 cm³/mol. The summed E-state index contributed by atoms with van der Waals surface area (Å²) in [6.07, 6.45) is 7.53. The van der Waals surface area contributed by atoms with Gasteiger partial charge in [0.25, 0.3) is 0 Å². The third kappa shape index (κ3) is 4.42. The highest BCUT2D eigenvalue weighted by molar-refractivity contribution is 6.32. The number of nitrogens with two attached hydrogens (primary N) is 1. The third-order valence-electron chi connectivity index (χ3n) is 7.49. The summed E-state index contributed by atoms with van der Waals surface area (Å²) in [5, 5.41) is 8.72. The van der Waals surface area contributed by atoms with Crippen molar-refractivity contribution >= 4 is 22.8 Å². The molecule has 8 nitrogen and oxygen atoms in total. The molecule has 4 aliphatic rings. The monoisotopic (exact) mass is 465 g/mol. The molecule has 0 radical (unpaired) electrons. The Bertz CT molecular complexity index is 1110. The number of benzene rings is 1. The molecule has 0 amide bonds. The molecule has 6 rings (SSSR count). The Balaban J connectivity index is 1.24. The van der Waals surface area contributed by atoms with Crippen molar-refractivity contribution < 1.29 is 14.2 Å². The minimum atomic E-state index is -0.327. The molecule has 2 aromatic rings. The Morgan fingerprint density at radius 1 is 1.35 bits per heavy atom. The number of rotatable bonds is 9. The molecule has 2 saturated heterocycles. The van der Waals surface area contributed by atoms with Crippen LogP contribution in [0.4, 0.5) is 0 Å². The van der Waals surface area contributed by atoms with Crippen LogP contribution in [0.15, 0.2) is 34.5 Å². The largest absolute Gasteiger partial charge is 0.484 e. The van der Waals surface area contributed by atoms with Gasteiger partial charge in [0.1, 0.15) is 17.6 Å². The van der Waals surface area contributed by atoms with E-state index in [0.29, 0.717) is 12.3 Å². The van der Waals surface area contributed by atoms with Crippen molar-refractivity contribution in [1.82, 2.24) is 10.3 Å². The normalized spacial score (nSPS) is 28.0. The molecule has 4 heterocycles. The van der Waals surface area contributed by atoms with Gasteiger partial charge in [0.2, 0.25) is 0 Å². The van der Waals surface area contributed by atoms with Gasteiger partial charge in [-0.05, 0) is 68.9 Å². The zero-order chi connectivity index (χ0) is 23.8. The first-order valence-corrected chi connectivity index (χ1v) is 12.3. The number of fused-ring (bicyclic) bond motifs is 4. The highest BCUT2D eigenvalue weighted by atomic mass is 16.5. The highest BCUT2D eigenvalue weighted by Gasteiger charge is 2.61. The molecule has 1 aromatic heterocycles. The number of nitrogens with zero attached hydrogens (tertiary/aromatic N) is 3. The maximum Gasteiger partial charge on any atom is 0.141 e. The van der Waals surface area contributed by atoms with E-state index >= 15 is 0 Å². The van der Waals surface area contributed by atoms with Gasteiger partial charge in [-0.1, -0.05) is 6.92 Å². The third-order valence-corrected chi connectivity index (χ3v) is 7.49. The summed E-state index contributed by atoms with van der Waals surface area (Å²) >= 11 is 0. The Kier molecular flexibility index (Phi) is 6.31. The van der Waals surface area contributed by atoms with Gasteiger partial charge < -0.3 is 25.4 Å². The minimum Gasteiger partial charge on any atom is -0.484 e. The molecule has 2 bridgehead atoms. The fourth-order valence-corrected chi connectivity index (χ4v) is 5.35. The molecule has 0 spiro atoms. The number of ether oxygens (including phenoxy) is 3. The summed E-state index contributed by atoms with van der Waals surface area (Å²) in [5.41, 5.74) is 4.00. The lowest BCUT2D eigenvalue weighted by molar-refractivity contribution is -0.00364. The van der Waals surface area contributed by atoms with Crippen molar-refractivity contribution in [2.45, 2.75) is 76.3 Å². The quantitative estimate of drug-likeness (QED) is 0.335. The SMILES string of the molecule is CCC(C)OCC12CC(N=C/C(=N\N)C(C)Oc3ccc4ncc5c(c4c3)CCOC5)(CN1)C2. The topological polar surface area (TPSA) is 103 Å². The maximum atomic E-state index is 6.23. The molecule has 2 atom stereocenters. The molecule has 1 saturated carbocycles. The number of hydrazone groups is 1. The lowest BCUT2D eigenvalue weighted by Gasteiger charge is -2.43. The number of nitrogens with one attached hydrogen (secondary N) is 1. The van der Waals surface area contributed by atoms with Gasteiger partial charge in [-0.15, -0.1) is 0 Å². The second-order valence-corrected chi connectivity index (χ2v) is 10.1. The number of aromatic nitrogens is 1. The van der Waals surface area contributed by atoms with Gasteiger partial charge in [0, 0.05) is 29.9 Å². The average Bonchev–Trinajstić information content (AvgIpc) is 3.39. The van der Waals surface area contributed by atoms with Gasteiger partial charge in [-0.3, -0.25) is 9.98 Å². The molecule has 2 unspecified atom stereocenters.